The molecule has 0 aromatic carbocycles. The standard InChI is InChI=1S/C9H17NO/c11-9-6-2-1-4-8(9)5-3-7-10-9/h8,10-11H,1-7H2. The van der Waals surface area contributed by atoms with E-state index in [1.165, 1.54) is 32.1 Å². The molecule has 2 rings (SSSR count). The van der Waals surface area contributed by atoms with Crippen LogP contribution in [0.1, 0.15) is 38.5 Å². The van der Waals surface area contributed by atoms with Gasteiger partial charge >= 0.3 is 0 Å². The second kappa shape index (κ2) is 2.76. The van der Waals surface area contributed by atoms with Gasteiger partial charge in [0.15, 0.2) is 0 Å². The fourth-order valence-corrected chi connectivity index (χ4v) is 2.50. The van der Waals surface area contributed by atoms with Gasteiger partial charge in [-0.05, 0) is 38.6 Å². The maximum Gasteiger partial charge on any atom is 0.118 e. The molecule has 1 aliphatic heterocycles. The number of fused-ring (bicyclic) bond motifs is 1. The van der Waals surface area contributed by atoms with Crippen LogP contribution in [0.2, 0.25) is 0 Å². The van der Waals surface area contributed by atoms with Crippen molar-refractivity contribution >= 4 is 0 Å². The van der Waals surface area contributed by atoms with Crippen molar-refractivity contribution in [2.24, 2.45) is 5.92 Å². The lowest BCUT2D eigenvalue weighted by molar-refractivity contribution is -0.0938. The predicted octanol–water partition coefficient (Wildman–Crippen LogP) is 1.25. The van der Waals surface area contributed by atoms with E-state index >= 15 is 0 Å². The molecule has 0 amide bonds. The summed E-state index contributed by atoms with van der Waals surface area (Å²) in [5, 5.41) is 13.3. The molecule has 2 atom stereocenters. The summed E-state index contributed by atoms with van der Waals surface area (Å²) in [5.41, 5.74) is -0.476. The summed E-state index contributed by atoms with van der Waals surface area (Å²) in [6.45, 7) is 1.01. The van der Waals surface area contributed by atoms with Crippen molar-refractivity contribution < 1.29 is 5.11 Å². The van der Waals surface area contributed by atoms with Crippen LogP contribution in [-0.2, 0) is 0 Å². The van der Waals surface area contributed by atoms with E-state index in [2.05, 4.69) is 5.32 Å². The summed E-state index contributed by atoms with van der Waals surface area (Å²) in [4.78, 5) is 0. The second-order valence-electron chi connectivity index (χ2n) is 3.94. The molecule has 2 heteroatoms. The zero-order chi connectivity index (χ0) is 7.73. The van der Waals surface area contributed by atoms with Crippen molar-refractivity contribution in [3.05, 3.63) is 0 Å². The van der Waals surface area contributed by atoms with E-state index in [9.17, 15) is 5.11 Å². The molecular formula is C9H17NO. The van der Waals surface area contributed by atoms with E-state index in [-0.39, 0.29) is 0 Å². The van der Waals surface area contributed by atoms with Crippen molar-refractivity contribution in [1.29, 1.82) is 0 Å². The third-order valence-corrected chi connectivity index (χ3v) is 3.20. The van der Waals surface area contributed by atoms with Crippen molar-refractivity contribution in [2.45, 2.75) is 44.2 Å². The van der Waals surface area contributed by atoms with E-state index in [1.807, 2.05) is 0 Å². The van der Waals surface area contributed by atoms with E-state index in [0.717, 1.165) is 13.0 Å². The van der Waals surface area contributed by atoms with Crippen molar-refractivity contribution in [2.75, 3.05) is 6.54 Å². The van der Waals surface area contributed by atoms with Crippen LogP contribution in [0.15, 0.2) is 0 Å². The Balaban J connectivity index is 2.06. The number of hydrogen-bond donors (Lipinski definition) is 2. The smallest absolute Gasteiger partial charge is 0.118 e. The van der Waals surface area contributed by atoms with Gasteiger partial charge in [0.2, 0.25) is 0 Å². The lowest BCUT2D eigenvalue weighted by atomic mass is 9.76. The highest BCUT2D eigenvalue weighted by molar-refractivity contribution is 4.90. The second-order valence-corrected chi connectivity index (χ2v) is 3.94. The summed E-state index contributed by atoms with van der Waals surface area (Å²) >= 11 is 0. The molecule has 0 spiro atoms. The molecular weight excluding hydrogens is 138 g/mol. The van der Waals surface area contributed by atoms with Gasteiger partial charge in [-0.2, -0.15) is 0 Å². The molecule has 1 saturated heterocycles. The fraction of sp³-hybridized carbons (Fsp3) is 1.00. The number of rotatable bonds is 0. The summed E-state index contributed by atoms with van der Waals surface area (Å²) < 4.78 is 0. The third kappa shape index (κ3) is 1.30. The van der Waals surface area contributed by atoms with Gasteiger partial charge in [-0.3, -0.25) is 5.32 Å². The van der Waals surface area contributed by atoms with Gasteiger partial charge in [0.1, 0.15) is 5.72 Å². The lowest BCUT2D eigenvalue weighted by Crippen LogP contribution is -2.56. The molecule has 2 N–H and O–H groups in total. The van der Waals surface area contributed by atoms with Crippen LogP contribution >= 0.6 is 0 Å². The van der Waals surface area contributed by atoms with Gasteiger partial charge in [-0.25, -0.2) is 0 Å². The first-order valence-electron chi connectivity index (χ1n) is 4.79. The highest BCUT2D eigenvalue weighted by atomic mass is 16.3. The Kier molecular flexibility index (Phi) is 1.90. The molecule has 0 radical (unpaired) electrons. The summed E-state index contributed by atoms with van der Waals surface area (Å²) in [6, 6.07) is 0. The molecule has 2 nitrogen and oxygen atoms in total. The number of hydrogen-bond acceptors (Lipinski definition) is 2. The molecule has 11 heavy (non-hydrogen) atoms. The van der Waals surface area contributed by atoms with E-state index in [1.54, 1.807) is 0 Å². The van der Waals surface area contributed by atoms with E-state index in [4.69, 9.17) is 0 Å². The molecule has 2 unspecified atom stereocenters. The van der Waals surface area contributed by atoms with Crippen molar-refractivity contribution in [3.63, 3.8) is 0 Å². The Morgan fingerprint density at radius 1 is 1.18 bits per heavy atom. The Bertz CT molecular complexity index is 134. The highest BCUT2D eigenvalue weighted by Gasteiger charge is 2.39. The molecule has 0 aromatic heterocycles. The first-order chi connectivity index (χ1) is 5.31. The van der Waals surface area contributed by atoms with Gasteiger partial charge in [-0.1, -0.05) is 6.42 Å². The van der Waals surface area contributed by atoms with Crippen LogP contribution in [0.25, 0.3) is 0 Å². The summed E-state index contributed by atoms with van der Waals surface area (Å²) in [6.07, 6.45) is 7.17. The van der Waals surface area contributed by atoms with Gasteiger partial charge in [0, 0.05) is 5.92 Å². The summed E-state index contributed by atoms with van der Waals surface area (Å²) in [7, 11) is 0. The minimum absolute atomic E-state index is 0.476. The van der Waals surface area contributed by atoms with E-state index in [0.29, 0.717) is 5.92 Å². The molecule has 1 heterocycles. The molecule has 0 aromatic rings. The predicted molar refractivity (Wildman–Crippen MR) is 44.1 cm³/mol. The topological polar surface area (TPSA) is 32.3 Å². The van der Waals surface area contributed by atoms with Crippen LogP contribution in [0.4, 0.5) is 0 Å². The summed E-state index contributed by atoms with van der Waals surface area (Å²) in [5.74, 6) is 0.546. The first-order valence-corrected chi connectivity index (χ1v) is 4.79. The lowest BCUT2D eigenvalue weighted by Gasteiger charge is -2.44. The van der Waals surface area contributed by atoms with E-state index < -0.39 is 5.72 Å². The van der Waals surface area contributed by atoms with Crippen LogP contribution in [-0.4, -0.2) is 17.4 Å². The van der Waals surface area contributed by atoms with Gasteiger partial charge in [0.25, 0.3) is 0 Å². The molecule has 1 aliphatic carbocycles. The Labute approximate surface area is 68.0 Å². The van der Waals surface area contributed by atoms with Gasteiger partial charge in [0.05, 0.1) is 0 Å². The third-order valence-electron chi connectivity index (χ3n) is 3.20. The first kappa shape index (κ1) is 7.56. The maximum atomic E-state index is 10.1. The minimum atomic E-state index is -0.476. The molecule has 2 fully saturated rings. The number of piperidine rings is 1. The quantitative estimate of drug-likeness (QED) is 0.552. The average Bonchev–Trinajstić information content (AvgIpc) is 2.03. The van der Waals surface area contributed by atoms with Crippen LogP contribution in [0.3, 0.4) is 0 Å². The van der Waals surface area contributed by atoms with Gasteiger partial charge < -0.3 is 5.11 Å². The van der Waals surface area contributed by atoms with Gasteiger partial charge in [-0.15, -0.1) is 0 Å². The molecule has 0 bridgehead atoms. The fourth-order valence-electron chi connectivity index (χ4n) is 2.50. The highest BCUT2D eigenvalue weighted by Crippen LogP contribution is 2.36. The normalized spacial score (nSPS) is 45.0. The largest absolute Gasteiger partial charge is 0.376 e. The monoisotopic (exact) mass is 155 g/mol. The van der Waals surface area contributed by atoms with Crippen molar-refractivity contribution in [1.82, 2.24) is 5.32 Å². The molecule has 1 saturated carbocycles. The van der Waals surface area contributed by atoms with Crippen LogP contribution in [0, 0.1) is 5.92 Å². The number of nitrogens with one attached hydrogen (secondary N) is 1. The van der Waals surface area contributed by atoms with Crippen molar-refractivity contribution in [3.8, 4) is 0 Å². The number of aliphatic hydroxyl groups is 1. The van der Waals surface area contributed by atoms with Crippen LogP contribution in [0.5, 0.6) is 0 Å². The van der Waals surface area contributed by atoms with Crippen LogP contribution < -0.4 is 5.32 Å². The molecule has 2 aliphatic rings. The average molecular weight is 155 g/mol. The zero-order valence-corrected chi connectivity index (χ0v) is 6.97. The zero-order valence-electron chi connectivity index (χ0n) is 6.97. The molecule has 64 valence electrons. The Morgan fingerprint density at radius 3 is 2.82 bits per heavy atom. The minimum Gasteiger partial charge on any atom is -0.376 e. The maximum absolute atomic E-state index is 10.1. The Hall–Kier alpha value is -0.0800. The Morgan fingerprint density at radius 2 is 2.00 bits per heavy atom. The SMILES string of the molecule is OC12CCCCC1CCCN2.